The van der Waals surface area contributed by atoms with Gasteiger partial charge in [0.25, 0.3) is 5.91 Å². The molecule has 1 amide bonds. The summed E-state index contributed by atoms with van der Waals surface area (Å²) in [5.74, 6) is -0.639. The molecule has 0 fully saturated rings. The molecule has 5 rings (SSSR count). The number of fused-ring (bicyclic) bond motifs is 2. The second-order valence-electron chi connectivity index (χ2n) is 7.82. The fraction of sp³-hybridized carbons (Fsp3) is 0.192. The van der Waals surface area contributed by atoms with Crippen LogP contribution in [0.25, 0.3) is 22.2 Å². The molecule has 0 saturated heterocycles. The van der Waals surface area contributed by atoms with Crippen LogP contribution < -0.4 is 5.32 Å². The molecular weight excluding hydrogens is 500 g/mol. The molecule has 0 bridgehead atoms. The Kier molecular flexibility index (Phi) is 6.00. The lowest BCUT2D eigenvalue weighted by Gasteiger charge is -2.11. The van der Waals surface area contributed by atoms with Gasteiger partial charge in [0.2, 0.25) is 0 Å². The molecule has 1 N–H and O–H groups in total. The molecule has 2 aromatic heterocycles. The van der Waals surface area contributed by atoms with Crippen LogP contribution in [0.3, 0.4) is 0 Å². The summed E-state index contributed by atoms with van der Waals surface area (Å²) >= 11 is 4.94. The number of nitrogens with one attached hydrogen (secondary N) is 1. The van der Waals surface area contributed by atoms with Gasteiger partial charge in [0.1, 0.15) is 5.00 Å². The van der Waals surface area contributed by atoms with E-state index in [1.807, 2.05) is 54.6 Å². The minimum absolute atomic E-state index is 0.266. The molecule has 4 aromatic rings. The van der Waals surface area contributed by atoms with Crippen LogP contribution in [0.5, 0.6) is 0 Å². The minimum atomic E-state index is -0.373. The van der Waals surface area contributed by atoms with Crippen molar-refractivity contribution in [1.29, 1.82) is 0 Å². The van der Waals surface area contributed by atoms with Crippen molar-refractivity contribution >= 4 is 55.0 Å². The highest BCUT2D eigenvalue weighted by Crippen LogP contribution is 2.40. The topological polar surface area (TPSA) is 68.3 Å². The molecule has 0 aliphatic heterocycles. The fourth-order valence-corrected chi connectivity index (χ4v) is 5.75. The van der Waals surface area contributed by atoms with Gasteiger partial charge in [-0.05, 0) is 56.0 Å². The number of halogens is 1. The van der Waals surface area contributed by atoms with Gasteiger partial charge >= 0.3 is 5.97 Å². The normalized spacial score (nSPS) is 12.5. The first-order chi connectivity index (χ1) is 16.0. The van der Waals surface area contributed by atoms with Crippen LogP contribution >= 0.6 is 27.3 Å². The third kappa shape index (κ3) is 4.18. The third-order valence-electron chi connectivity index (χ3n) is 5.73. The fourth-order valence-electron chi connectivity index (χ4n) is 4.21. The lowest BCUT2D eigenvalue weighted by Crippen LogP contribution is -2.16. The van der Waals surface area contributed by atoms with E-state index in [0.29, 0.717) is 28.4 Å². The molecule has 1 aliphatic carbocycles. The summed E-state index contributed by atoms with van der Waals surface area (Å²) < 4.78 is 6.27. The summed E-state index contributed by atoms with van der Waals surface area (Å²) in [6.07, 6.45) is 2.78. The Bertz CT molecular complexity index is 1380. The van der Waals surface area contributed by atoms with E-state index in [9.17, 15) is 9.59 Å². The number of amides is 1. The number of rotatable bonds is 5. The van der Waals surface area contributed by atoms with Gasteiger partial charge in [-0.3, -0.25) is 4.79 Å². The Hall–Kier alpha value is -3.03. The summed E-state index contributed by atoms with van der Waals surface area (Å²) in [5, 5.41) is 4.34. The molecule has 5 nitrogen and oxygen atoms in total. The number of esters is 1. The lowest BCUT2D eigenvalue weighted by atomic mass is 10.0. The van der Waals surface area contributed by atoms with Crippen LogP contribution in [-0.2, 0) is 17.6 Å². The zero-order valence-electron chi connectivity index (χ0n) is 18.0. The van der Waals surface area contributed by atoms with Crippen molar-refractivity contribution in [3.8, 4) is 11.3 Å². The van der Waals surface area contributed by atoms with Gasteiger partial charge in [-0.15, -0.1) is 11.3 Å². The molecule has 2 heterocycles. The minimum Gasteiger partial charge on any atom is -0.462 e. The van der Waals surface area contributed by atoms with Gasteiger partial charge in [-0.1, -0.05) is 46.3 Å². The van der Waals surface area contributed by atoms with E-state index >= 15 is 0 Å². The van der Waals surface area contributed by atoms with Gasteiger partial charge in [-0.25, -0.2) is 9.78 Å². The first-order valence-corrected chi connectivity index (χ1v) is 12.4. The number of thiophene rings is 1. The molecular formula is C26H21BrN2O3S. The Labute approximate surface area is 203 Å². The van der Waals surface area contributed by atoms with Gasteiger partial charge in [0, 0.05) is 20.3 Å². The smallest absolute Gasteiger partial charge is 0.341 e. The number of nitrogens with zero attached hydrogens (tertiary/aromatic N) is 1. The van der Waals surface area contributed by atoms with Crippen LogP contribution in [0.15, 0.2) is 59.1 Å². The predicted octanol–water partition coefficient (Wildman–Crippen LogP) is 6.64. The summed E-state index contributed by atoms with van der Waals surface area (Å²) in [5.41, 5.74) is 4.41. The highest BCUT2D eigenvalue weighted by molar-refractivity contribution is 9.10. The highest BCUT2D eigenvalue weighted by atomic mass is 79.9. The van der Waals surface area contributed by atoms with Crippen molar-refractivity contribution in [2.45, 2.75) is 26.2 Å². The molecule has 1 aliphatic rings. The van der Waals surface area contributed by atoms with E-state index in [1.54, 1.807) is 6.92 Å². The molecule has 7 heteroatoms. The summed E-state index contributed by atoms with van der Waals surface area (Å²) in [6, 6.07) is 17.2. The monoisotopic (exact) mass is 520 g/mol. The molecule has 0 spiro atoms. The number of carbonyl (C=O) groups excluding carboxylic acids is 2. The van der Waals surface area contributed by atoms with Crippen molar-refractivity contribution < 1.29 is 14.3 Å². The Morgan fingerprint density at radius 3 is 2.70 bits per heavy atom. The van der Waals surface area contributed by atoms with Crippen LogP contribution in [0.1, 0.15) is 44.5 Å². The van der Waals surface area contributed by atoms with Crippen LogP contribution in [0.2, 0.25) is 0 Å². The van der Waals surface area contributed by atoms with Crippen molar-refractivity contribution in [3.63, 3.8) is 0 Å². The number of pyridine rings is 1. The van der Waals surface area contributed by atoms with E-state index in [0.717, 1.165) is 50.6 Å². The highest BCUT2D eigenvalue weighted by Gasteiger charge is 2.29. The number of aryl methyl sites for hydroxylation is 1. The Balaban J connectivity index is 1.57. The summed E-state index contributed by atoms with van der Waals surface area (Å²) in [7, 11) is 0. The second-order valence-corrected chi connectivity index (χ2v) is 9.84. The molecule has 0 unspecified atom stereocenters. The first kappa shape index (κ1) is 21.8. The molecule has 0 saturated carbocycles. The van der Waals surface area contributed by atoms with Gasteiger partial charge in [0.15, 0.2) is 0 Å². The van der Waals surface area contributed by atoms with Crippen LogP contribution in [0.4, 0.5) is 5.00 Å². The predicted molar refractivity (Wildman–Crippen MR) is 135 cm³/mol. The maximum absolute atomic E-state index is 13.5. The van der Waals surface area contributed by atoms with E-state index in [2.05, 4.69) is 21.2 Å². The van der Waals surface area contributed by atoms with Crippen molar-refractivity contribution in [2.24, 2.45) is 0 Å². The number of benzene rings is 2. The molecule has 0 atom stereocenters. The largest absolute Gasteiger partial charge is 0.462 e. The number of carbonyl (C=O) groups is 2. The zero-order chi connectivity index (χ0) is 22.9. The zero-order valence-corrected chi connectivity index (χ0v) is 20.4. The lowest BCUT2D eigenvalue weighted by molar-refractivity contribution is 0.0527. The average molecular weight is 521 g/mol. The molecule has 166 valence electrons. The van der Waals surface area contributed by atoms with Crippen molar-refractivity contribution in [1.82, 2.24) is 4.98 Å². The van der Waals surface area contributed by atoms with E-state index in [1.165, 1.54) is 11.3 Å². The SMILES string of the molecule is CCOC(=O)c1c(NC(=O)c2cc(-c3ccc(Br)cc3)nc3ccccc23)sc2c1CCC2. The number of hydrogen-bond donors (Lipinski definition) is 1. The Morgan fingerprint density at radius 2 is 1.91 bits per heavy atom. The Morgan fingerprint density at radius 1 is 1.12 bits per heavy atom. The number of anilines is 1. The van der Waals surface area contributed by atoms with Crippen LogP contribution in [-0.4, -0.2) is 23.5 Å². The quantitative estimate of drug-likeness (QED) is 0.299. The number of para-hydroxylation sites is 1. The molecule has 33 heavy (non-hydrogen) atoms. The van der Waals surface area contributed by atoms with Crippen molar-refractivity contribution in [3.05, 3.63) is 80.6 Å². The number of hydrogen-bond acceptors (Lipinski definition) is 5. The van der Waals surface area contributed by atoms with Gasteiger partial charge < -0.3 is 10.1 Å². The average Bonchev–Trinajstić information content (AvgIpc) is 3.39. The van der Waals surface area contributed by atoms with Gasteiger partial charge in [0.05, 0.1) is 28.9 Å². The summed E-state index contributed by atoms with van der Waals surface area (Å²) in [4.78, 5) is 32.2. The number of ether oxygens (including phenoxy) is 1. The molecule has 2 aromatic carbocycles. The second kappa shape index (κ2) is 9.08. The first-order valence-electron chi connectivity index (χ1n) is 10.8. The standard InChI is InChI=1S/C26H21BrN2O3S/c1-2-32-26(31)23-18-7-5-9-22(18)33-25(23)29-24(30)19-14-21(15-10-12-16(27)13-11-15)28-20-8-4-3-6-17(19)20/h3-4,6,8,10-14H,2,5,7,9H2,1H3,(H,29,30). The molecule has 0 radical (unpaired) electrons. The third-order valence-corrected chi connectivity index (χ3v) is 7.46. The maximum atomic E-state index is 13.5. The van der Waals surface area contributed by atoms with Crippen molar-refractivity contribution in [2.75, 3.05) is 11.9 Å². The summed E-state index contributed by atoms with van der Waals surface area (Å²) in [6.45, 7) is 2.08. The van der Waals surface area contributed by atoms with E-state index in [-0.39, 0.29) is 11.9 Å². The van der Waals surface area contributed by atoms with Crippen LogP contribution in [0, 0.1) is 0 Å². The maximum Gasteiger partial charge on any atom is 0.341 e. The van der Waals surface area contributed by atoms with Gasteiger partial charge in [-0.2, -0.15) is 0 Å². The van der Waals surface area contributed by atoms with E-state index in [4.69, 9.17) is 9.72 Å². The van der Waals surface area contributed by atoms with E-state index < -0.39 is 0 Å². The number of aromatic nitrogens is 1.